The van der Waals surface area contributed by atoms with Crippen molar-refractivity contribution >= 4 is 23.2 Å². The van der Waals surface area contributed by atoms with E-state index in [0.717, 1.165) is 12.8 Å². The van der Waals surface area contributed by atoms with E-state index >= 15 is 0 Å². The van der Waals surface area contributed by atoms with Gasteiger partial charge in [0, 0.05) is 11.6 Å². The first kappa shape index (κ1) is 14.7. The summed E-state index contributed by atoms with van der Waals surface area (Å²) in [6, 6.07) is 5.71. The summed E-state index contributed by atoms with van der Waals surface area (Å²) in [7, 11) is 0. The lowest BCUT2D eigenvalue weighted by Gasteiger charge is -2.24. The normalized spacial score (nSPS) is 15.4. The predicted octanol–water partition coefficient (Wildman–Crippen LogP) is 2.27. The van der Waals surface area contributed by atoms with E-state index in [1.54, 1.807) is 0 Å². The highest BCUT2D eigenvalue weighted by Gasteiger charge is 2.14. The molecule has 0 radical (unpaired) electrons. The van der Waals surface area contributed by atoms with Crippen LogP contribution in [-0.2, 0) is 0 Å². The minimum atomic E-state index is -0.371. The van der Waals surface area contributed by atoms with E-state index < -0.39 is 0 Å². The van der Waals surface area contributed by atoms with Crippen molar-refractivity contribution < 1.29 is 9.18 Å². The summed E-state index contributed by atoms with van der Waals surface area (Å²) in [5.41, 5.74) is 5.54. The Morgan fingerprint density at radius 2 is 1.75 bits per heavy atom. The summed E-state index contributed by atoms with van der Waals surface area (Å²) in [5.74, 6) is -0.721. The van der Waals surface area contributed by atoms with E-state index in [-0.39, 0.29) is 11.7 Å². The van der Waals surface area contributed by atoms with Crippen molar-refractivity contribution in [3.8, 4) is 0 Å². The standard InChI is InChI=1S/C14H18FN3OS/c15-11-8-6-10(7-9-11)13(19)17-18-14(20)16-12-4-2-1-3-5-12/h6-9,12H,1-5H2,(H,17,19)(H2,16,18,20). The van der Waals surface area contributed by atoms with Crippen molar-refractivity contribution in [2.75, 3.05) is 0 Å². The zero-order valence-electron chi connectivity index (χ0n) is 11.1. The van der Waals surface area contributed by atoms with Crippen LogP contribution in [-0.4, -0.2) is 17.1 Å². The van der Waals surface area contributed by atoms with Crippen molar-refractivity contribution in [3.63, 3.8) is 0 Å². The van der Waals surface area contributed by atoms with Crippen molar-refractivity contribution in [2.45, 2.75) is 38.1 Å². The van der Waals surface area contributed by atoms with Gasteiger partial charge in [-0.05, 0) is 49.3 Å². The number of hydrogen-bond donors (Lipinski definition) is 3. The van der Waals surface area contributed by atoms with Crippen LogP contribution in [0.1, 0.15) is 42.5 Å². The van der Waals surface area contributed by atoms with Gasteiger partial charge in [0.05, 0.1) is 0 Å². The number of halogens is 1. The van der Waals surface area contributed by atoms with Crippen molar-refractivity contribution in [1.29, 1.82) is 0 Å². The molecule has 1 saturated carbocycles. The van der Waals surface area contributed by atoms with Gasteiger partial charge in [-0.2, -0.15) is 0 Å². The molecule has 0 atom stereocenters. The maximum absolute atomic E-state index is 12.7. The molecule has 0 aliphatic heterocycles. The summed E-state index contributed by atoms with van der Waals surface area (Å²) >= 11 is 5.13. The third kappa shape index (κ3) is 4.45. The number of thiocarbonyl (C=S) groups is 1. The number of nitrogens with one attached hydrogen (secondary N) is 3. The third-order valence-electron chi connectivity index (χ3n) is 3.34. The molecule has 6 heteroatoms. The number of hydrogen-bond acceptors (Lipinski definition) is 2. The summed E-state index contributed by atoms with van der Waals surface area (Å²) in [6.45, 7) is 0. The largest absolute Gasteiger partial charge is 0.359 e. The van der Waals surface area contributed by atoms with Crippen molar-refractivity contribution in [2.24, 2.45) is 0 Å². The van der Waals surface area contributed by atoms with Gasteiger partial charge in [-0.25, -0.2) is 4.39 Å². The van der Waals surface area contributed by atoms with E-state index in [1.807, 2.05) is 0 Å². The number of amides is 1. The molecule has 0 bridgehead atoms. The Morgan fingerprint density at radius 3 is 2.40 bits per heavy atom. The number of carbonyl (C=O) groups excluding carboxylic acids is 1. The van der Waals surface area contributed by atoms with E-state index in [9.17, 15) is 9.18 Å². The number of hydrazine groups is 1. The van der Waals surface area contributed by atoms with Gasteiger partial charge in [-0.3, -0.25) is 15.6 Å². The quantitative estimate of drug-likeness (QED) is 0.579. The summed E-state index contributed by atoms with van der Waals surface area (Å²) in [6.07, 6.45) is 5.91. The van der Waals surface area contributed by atoms with Crippen molar-refractivity contribution in [1.82, 2.24) is 16.2 Å². The second-order valence-corrected chi connectivity index (χ2v) is 5.30. The van der Waals surface area contributed by atoms with Gasteiger partial charge in [0.2, 0.25) is 0 Å². The Labute approximate surface area is 123 Å². The van der Waals surface area contributed by atoms with Crippen LogP contribution in [0.4, 0.5) is 4.39 Å². The molecule has 1 aliphatic rings. The first-order valence-corrected chi connectivity index (χ1v) is 7.18. The lowest BCUT2D eigenvalue weighted by atomic mass is 9.96. The lowest BCUT2D eigenvalue weighted by molar-refractivity contribution is 0.0943. The van der Waals surface area contributed by atoms with Gasteiger partial charge in [0.25, 0.3) is 5.91 Å². The zero-order chi connectivity index (χ0) is 14.4. The van der Waals surface area contributed by atoms with Gasteiger partial charge in [0.15, 0.2) is 5.11 Å². The molecule has 0 heterocycles. The minimum Gasteiger partial charge on any atom is -0.359 e. The molecule has 4 nitrogen and oxygen atoms in total. The van der Waals surface area contributed by atoms with Crippen molar-refractivity contribution in [3.05, 3.63) is 35.6 Å². The van der Waals surface area contributed by atoms with E-state index in [1.165, 1.54) is 43.5 Å². The molecule has 0 spiro atoms. The molecule has 0 unspecified atom stereocenters. The molecule has 1 fully saturated rings. The number of rotatable bonds is 2. The Balaban J connectivity index is 1.75. The summed E-state index contributed by atoms with van der Waals surface area (Å²) < 4.78 is 12.7. The van der Waals surface area contributed by atoms with Crippen LogP contribution >= 0.6 is 12.2 Å². The van der Waals surface area contributed by atoms with Gasteiger partial charge in [-0.1, -0.05) is 19.3 Å². The van der Waals surface area contributed by atoms with Crippen LogP contribution in [0.3, 0.4) is 0 Å². The monoisotopic (exact) mass is 295 g/mol. The molecule has 2 rings (SSSR count). The molecular weight excluding hydrogens is 277 g/mol. The molecule has 20 heavy (non-hydrogen) atoms. The lowest BCUT2D eigenvalue weighted by Crippen LogP contribution is -2.50. The topological polar surface area (TPSA) is 53.2 Å². The molecule has 1 amide bonds. The molecule has 108 valence electrons. The third-order valence-corrected chi connectivity index (χ3v) is 3.56. The van der Waals surface area contributed by atoms with E-state index in [2.05, 4.69) is 16.2 Å². The van der Waals surface area contributed by atoms with Crippen LogP contribution < -0.4 is 16.2 Å². The van der Waals surface area contributed by atoms with E-state index in [4.69, 9.17) is 12.2 Å². The predicted molar refractivity (Wildman–Crippen MR) is 79.6 cm³/mol. The van der Waals surface area contributed by atoms with E-state index in [0.29, 0.717) is 16.7 Å². The number of carbonyl (C=O) groups is 1. The van der Waals surface area contributed by atoms with Gasteiger partial charge < -0.3 is 5.32 Å². The first-order valence-electron chi connectivity index (χ1n) is 6.77. The SMILES string of the molecule is O=C(NNC(=S)NC1CCCCC1)c1ccc(F)cc1. The summed E-state index contributed by atoms with van der Waals surface area (Å²) in [5, 5.41) is 3.59. The van der Waals surface area contributed by atoms with Crippen LogP contribution in [0.2, 0.25) is 0 Å². The minimum absolute atomic E-state index is 0.349. The fraction of sp³-hybridized carbons (Fsp3) is 0.429. The second kappa shape index (κ2) is 7.19. The maximum Gasteiger partial charge on any atom is 0.269 e. The highest BCUT2D eigenvalue weighted by Crippen LogP contribution is 2.17. The smallest absolute Gasteiger partial charge is 0.269 e. The Kier molecular flexibility index (Phi) is 5.29. The van der Waals surface area contributed by atoms with Gasteiger partial charge in [-0.15, -0.1) is 0 Å². The first-order chi connectivity index (χ1) is 9.65. The average Bonchev–Trinajstić information content (AvgIpc) is 2.46. The molecule has 0 aromatic heterocycles. The van der Waals surface area contributed by atoms with Crippen LogP contribution in [0.25, 0.3) is 0 Å². The molecule has 3 N–H and O–H groups in total. The molecular formula is C14H18FN3OS. The van der Waals surface area contributed by atoms with Crippen LogP contribution in [0.5, 0.6) is 0 Å². The second-order valence-electron chi connectivity index (χ2n) is 4.89. The Hall–Kier alpha value is -1.69. The average molecular weight is 295 g/mol. The van der Waals surface area contributed by atoms with Gasteiger partial charge in [0.1, 0.15) is 5.82 Å². The molecule has 1 aromatic rings. The molecule has 0 saturated heterocycles. The molecule has 1 aliphatic carbocycles. The number of benzene rings is 1. The van der Waals surface area contributed by atoms with Crippen LogP contribution in [0.15, 0.2) is 24.3 Å². The highest BCUT2D eigenvalue weighted by atomic mass is 32.1. The van der Waals surface area contributed by atoms with Gasteiger partial charge >= 0.3 is 0 Å². The highest BCUT2D eigenvalue weighted by molar-refractivity contribution is 7.80. The maximum atomic E-state index is 12.7. The van der Waals surface area contributed by atoms with Crippen LogP contribution in [0, 0.1) is 5.82 Å². The zero-order valence-corrected chi connectivity index (χ0v) is 11.9. The summed E-state index contributed by atoms with van der Waals surface area (Å²) in [4.78, 5) is 11.8. The Bertz CT molecular complexity index is 472. The fourth-order valence-corrected chi connectivity index (χ4v) is 2.47. The Morgan fingerprint density at radius 1 is 1.10 bits per heavy atom. The molecule has 1 aromatic carbocycles. The fourth-order valence-electron chi connectivity index (χ4n) is 2.26.